The predicted molar refractivity (Wildman–Crippen MR) is 53.4 cm³/mol. The van der Waals surface area contributed by atoms with Crippen LogP contribution < -0.4 is 0 Å². The molecule has 0 aliphatic rings. The number of carbonyl (C=O) groups excluding carboxylic acids is 1. The van der Waals surface area contributed by atoms with Crippen LogP contribution in [0, 0.1) is 6.92 Å². The minimum absolute atomic E-state index is 0.298. The number of hydrogen-bond acceptors (Lipinski definition) is 3. The van der Waals surface area contributed by atoms with Crippen LogP contribution in [0.25, 0.3) is 0 Å². The summed E-state index contributed by atoms with van der Waals surface area (Å²) >= 11 is 4.22. The molecule has 13 heavy (non-hydrogen) atoms. The second-order valence-electron chi connectivity index (χ2n) is 2.78. The fraction of sp³-hybridized carbons (Fsp3) is 0.444. The molecule has 0 atom stereocenters. The Morgan fingerprint density at radius 1 is 1.69 bits per heavy atom. The topological polar surface area (TPSA) is 31.2 Å². The zero-order chi connectivity index (χ0) is 10.0. The van der Waals surface area contributed by atoms with Crippen molar-refractivity contribution in [2.45, 2.75) is 18.7 Å². The molecule has 3 nitrogen and oxygen atoms in total. The summed E-state index contributed by atoms with van der Waals surface area (Å²) < 4.78 is 6.66. The minimum Gasteiger partial charge on any atom is -0.461 e. The lowest BCUT2D eigenvalue weighted by molar-refractivity contribution is 0.0515. The zero-order valence-electron chi connectivity index (χ0n) is 8.00. The Labute approximate surface area is 83.1 Å². The van der Waals surface area contributed by atoms with Gasteiger partial charge in [-0.1, -0.05) is 0 Å². The Balaban J connectivity index is 3.01. The molecule has 1 aromatic heterocycles. The van der Waals surface area contributed by atoms with Gasteiger partial charge >= 0.3 is 5.97 Å². The van der Waals surface area contributed by atoms with Gasteiger partial charge in [0, 0.05) is 17.6 Å². The maximum Gasteiger partial charge on any atom is 0.354 e. The molecule has 1 rings (SSSR count). The quantitative estimate of drug-likeness (QED) is 0.581. The van der Waals surface area contributed by atoms with E-state index < -0.39 is 0 Å². The first-order valence-electron chi connectivity index (χ1n) is 4.10. The van der Waals surface area contributed by atoms with Crippen molar-refractivity contribution in [1.29, 1.82) is 0 Å². The fourth-order valence-electron chi connectivity index (χ4n) is 1.08. The van der Waals surface area contributed by atoms with Gasteiger partial charge in [0.05, 0.1) is 6.61 Å². The smallest absolute Gasteiger partial charge is 0.354 e. The third kappa shape index (κ3) is 1.88. The molecule has 1 heterocycles. The Morgan fingerprint density at radius 2 is 2.31 bits per heavy atom. The number of hydrogen-bond donors (Lipinski definition) is 1. The van der Waals surface area contributed by atoms with Crippen molar-refractivity contribution >= 4 is 18.6 Å². The van der Waals surface area contributed by atoms with E-state index in [-0.39, 0.29) is 5.97 Å². The van der Waals surface area contributed by atoms with Gasteiger partial charge in [0.2, 0.25) is 0 Å². The highest BCUT2D eigenvalue weighted by atomic mass is 32.1. The van der Waals surface area contributed by atoms with Crippen LogP contribution in [0.2, 0.25) is 0 Å². The highest BCUT2D eigenvalue weighted by Crippen LogP contribution is 2.17. The van der Waals surface area contributed by atoms with Crippen molar-refractivity contribution in [2.75, 3.05) is 6.61 Å². The maximum atomic E-state index is 11.4. The molecule has 0 radical (unpaired) electrons. The molecule has 0 fully saturated rings. The normalized spacial score (nSPS) is 10.2. The van der Waals surface area contributed by atoms with E-state index in [1.807, 2.05) is 14.0 Å². The van der Waals surface area contributed by atoms with Crippen molar-refractivity contribution in [1.82, 2.24) is 4.57 Å². The van der Waals surface area contributed by atoms with Gasteiger partial charge in [-0.15, -0.1) is 12.6 Å². The van der Waals surface area contributed by atoms with Gasteiger partial charge in [-0.25, -0.2) is 4.79 Å². The molecule has 1 aromatic rings. The highest BCUT2D eigenvalue weighted by Gasteiger charge is 2.14. The van der Waals surface area contributed by atoms with Crippen molar-refractivity contribution in [3.8, 4) is 0 Å². The average molecular weight is 199 g/mol. The van der Waals surface area contributed by atoms with Crippen LogP contribution in [0.15, 0.2) is 11.0 Å². The molecule has 0 spiro atoms. The molecule has 0 saturated heterocycles. The molecule has 0 saturated carbocycles. The van der Waals surface area contributed by atoms with Crippen molar-refractivity contribution in [3.05, 3.63) is 17.5 Å². The van der Waals surface area contributed by atoms with Gasteiger partial charge in [-0.2, -0.15) is 0 Å². The average Bonchev–Trinajstić information content (AvgIpc) is 2.33. The zero-order valence-corrected chi connectivity index (χ0v) is 8.89. The molecule has 0 bridgehead atoms. The Kier molecular flexibility index (Phi) is 3.03. The molecule has 0 aromatic carbocycles. The lowest BCUT2D eigenvalue weighted by Gasteiger charge is -2.03. The number of rotatable bonds is 2. The summed E-state index contributed by atoms with van der Waals surface area (Å²) in [5.74, 6) is -0.298. The van der Waals surface area contributed by atoms with Gasteiger partial charge in [-0.3, -0.25) is 0 Å². The number of aromatic nitrogens is 1. The van der Waals surface area contributed by atoms with E-state index in [9.17, 15) is 4.79 Å². The number of ether oxygens (including phenoxy) is 1. The number of esters is 1. The van der Waals surface area contributed by atoms with Crippen LogP contribution >= 0.6 is 12.6 Å². The van der Waals surface area contributed by atoms with Gasteiger partial charge in [0.25, 0.3) is 0 Å². The van der Waals surface area contributed by atoms with Crippen LogP contribution in [0.3, 0.4) is 0 Å². The van der Waals surface area contributed by atoms with E-state index in [1.165, 1.54) is 0 Å². The summed E-state index contributed by atoms with van der Waals surface area (Å²) in [5.41, 5.74) is 1.51. The Hall–Kier alpha value is -0.900. The van der Waals surface area contributed by atoms with Crippen LogP contribution in [0.1, 0.15) is 23.1 Å². The summed E-state index contributed by atoms with van der Waals surface area (Å²) in [5, 5.41) is 0. The second-order valence-corrected chi connectivity index (χ2v) is 3.26. The van der Waals surface area contributed by atoms with E-state index in [1.54, 1.807) is 17.6 Å². The Morgan fingerprint density at radius 3 is 2.69 bits per heavy atom. The summed E-state index contributed by atoms with van der Waals surface area (Å²) in [6.07, 6.45) is 0. The lowest BCUT2D eigenvalue weighted by atomic mass is 10.4. The molecule has 4 heteroatoms. The Bertz CT molecular complexity index is 331. The molecular formula is C9H13NO2S. The third-order valence-corrected chi connectivity index (χ3v) is 2.45. The van der Waals surface area contributed by atoms with Gasteiger partial charge in [0.15, 0.2) is 0 Å². The molecule has 0 unspecified atom stereocenters. The van der Waals surface area contributed by atoms with Crippen LogP contribution in [-0.2, 0) is 11.8 Å². The first-order chi connectivity index (χ1) is 6.07. The first-order valence-corrected chi connectivity index (χ1v) is 4.55. The molecule has 0 aliphatic carbocycles. The van der Waals surface area contributed by atoms with Crippen molar-refractivity contribution in [3.63, 3.8) is 0 Å². The van der Waals surface area contributed by atoms with Gasteiger partial charge in [-0.05, 0) is 19.9 Å². The van der Waals surface area contributed by atoms with Crippen LogP contribution in [0.5, 0.6) is 0 Å². The number of thiol groups is 1. The molecule has 72 valence electrons. The molecule has 0 aliphatic heterocycles. The maximum absolute atomic E-state index is 11.4. The van der Waals surface area contributed by atoms with Gasteiger partial charge in [0.1, 0.15) is 5.69 Å². The van der Waals surface area contributed by atoms with E-state index >= 15 is 0 Å². The lowest BCUT2D eigenvalue weighted by Crippen LogP contribution is -2.10. The van der Waals surface area contributed by atoms with Crippen molar-refractivity contribution < 1.29 is 9.53 Å². The van der Waals surface area contributed by atoms with Crippen LogP contribution in [0.4, 0.5) is 0 Å². The predicted octanol–water partition coefficient (Wildman–Crippen LogP) is 1.80. The molecular weight excluding hydrogens is 186 g/mol. The summed E-state index contributed by atoms with van der Waals surface area (Å²) in [4.78, 5) is 12.2. The van der Waals surface area contributed by atoms with E-state index in [4.69, 9.17) is 4.74 Å². The van der Waals surface area contributed by atoms with E-state index in [0.717, 1.165) is 10.6 Å². The summed E-state index contributed by atoms with van der Waals surface area (Å²) in [6.45, 7) is 4.09. The minimum atomic E-state index is -0.298. The third-order valence-electron chi connectivity index (χ3n) is 1.99. The summed E-state index contributed by atoms with van der Waals surface area (Å²) in [7, 11) is 1.82. The van der Waals surface area contributed by atoms with E-state index in [2.05, 4.69) is 12.6 Å². The second kappa shape index (κ2) is 3.87. The summed E-state index contributed by atoms with van der Waals surface area (Å²) in [6, 6.07) is 1.72. The highest BCUT2D eigenvalue weighted by molar-refractivity contribution is 7.80. The van der Waals surface area contributed by atoms with Crippen molar-refractivity contribution in [2.24, 2.45) is 7.05 Å². The monoisotopic (exact) mass is 199 g/mol. The molecule has 0 amide bonds. The first kappa shape index (κ1) is 10.2. The van der Waals surface area contributed by atoms with E-state index in [0.29, 0.717) is 12.3 Å². The molecule has 0 N–H and O–H groups in total. The standard InChI is InChI=1S/C9H13NO2S/c1-4-12-9(11)7-5-8(13)6(2)10(7)3/h5,13H,4H2,1-3H3. The number of carbonyl (C=O) groups is 1. The largest absolute Gasteiger partial charge is 0.461 e. The van der Waals surface area contributed by atoms with Gasteiger partial charge < -0.3 is 9.30 Å². The fourth-order valence-corrected chi connectivity index (χ4v) is 1.36. The number of nitrogens with zero attached hydrogens (tertiary/aromatic N) is 1. The van der Waals surface area contributed by atoms with Crippen LogP contribution in [-0.4, -0.2) is 17.1 Å². The SMILES string of the molecule is CCOC(=O)c1cc(S)c(C)n1C.